The molecule has 4 N–H and O–H groups in total. The molecule has 4 aromatic heterocycles. The molecule has 0 spiro atoms. The van der Waals surface area contributed by atoms with E-state index in [0.29, 0.717) is 56.2 Å². The maximum absolute atomic E-state index is 12.2. The van der Waals surface area contributed by atoms with Gasteiger partial charge in [-0.3, -0.25) is 4.79 Å². The normalized spacial score (nSPS) is 12.7. The van der Waals surface area contributed by atoms with E-state index in [0.717, 1.165) is 44.0 Å². The molecule has 9 rings (SSSR count). The molecule has 9 heteroatoms. The second kappa shape index (κ2) is 8.45. The maximum Gasteiger partial charge on any atom is 0.150 e. The summed E-state index contributed by atoms with van der Waals surface area (Å²) in [7, 11) is 0. The minimum absolute atomic E-state index is 0.528. The lowest BCUT2D eigenvalue weighted by atomic mass is 10.1. The summed E-state index contributed by atoms with van der Waals surface area (Å²) < 4.78 is 0. The molecular formula is C33H20N8O. The summed E-state index contributed by atoms with van der Waals surface area (Å²) in [6, 6.07) is 29.7. The third-order valence-electron chi connectivity index (χ3n) is 7.87. The first kappa shape index (κ1) is 22.7. The van der Waals surface area contributed by atoms with Gasteiger partial charge < -0.3 is 19.9 Å². The topological polar surface area (TPSA) is 130 Å². The monoisotopic (exact) mass is 544 g/mol. The Hall–Kier alpha value is -6.09. The molecule has 198 valence electrons. The quantitative estimate of drug-likeness (QED) is 0.199. The van der Waals surface area contributed by atoms with E-state index >= 15 is 0 Å². The van der Waals surface area contributed by atoms with Gasteiger partial charge in [0, 0.05) is 48.7 Å². The van der Waals surface area contributed by atoms with Crippen LogP contribution in [-0.2, 0) is 0 Å². The zero-order valence-electron chi connectivity index (χ0n) is 21.9. The van der Waals surface area contributed by atoms with Crippen LogP contribution >= 0.6 is 0 Å². The lowest BCUT2D eigenvalue weighted by molar-refractivity contribution is 0.112. The number of aldehydes is 1. The molecule has 42 heavy (non-hydrogen) atoms. The molecule has 0 saturated carbocycles. The van der Waals surface area contributed by atoms with Crippen LogP contribution in [0.3, 0.4) is 0 Å². The number of fused-ring (bicyclic) bond motifs is 20. The number of nitrogens with one attached hydrogen (secondary N) is 4. The Bertz CT molecular complexity index is 2660. The first-order valence-electron chi connectivity index (χ1n) is 13.5. The molecule has 5 heterocycles. The number of aromatic nitrogens is 4. The largest absolute Gasteiger partial charge is 0.324 e. The van der Waals surface area contributed by atoms with Gasteiger partial charge in [0.25, 0.3) is 0 Å². The standard InChI is InChI=1S/C33H20N8O/c42-16-17-8-7-15-24-25(17)33-40-31-23-14-6-5-13-22(23)29(38-31)36-27-19-10-2-1-9-18(19)26(34-27)35-28-20-11-3-4-12-21(20)30(37-28)39-32(24)41-33/h1-16H,(H4,34,35,36,37,38,39,40,41). The Kier molecular flexibility index (Phi) is 4.57. The first-order valence-corrected chi connectivity index (χ1v) is 13.5. The van der Waals surface area contributed by atoms with Crippen molar-refractivity contribution in [2.24, 2.45) is 20.0 Å². The van der Waals surface area contributed by atoms with Gasteiger partial charge in [0.1, 0.15) is 45.2 Å². The fourth-order valence-corrected chi connectivity index (χ4v) is 5.95. The third kappa shape index (κ3) is 3.21. The average molecular weight is 545 g/mol. The minimum Gasteiger partial charge on any atom is -0.324 e. The molecule has 0 fully saturated rings. The SMILES string of the molecule is O=Cc1cccc2c3[nH]c(c12)N=c1[nH]c(c2ccccc12)=Nc1[nH]c(c2ccccc12)N=c1[nH]c(c2ccccc12)=N3. The van der Waals surface area contributed by atoms with Crippen molar-refractivity contribution >= 4 is 72.6 Å². The molecule has 0 radical (unpaired) electrons. The number of rotatable bonds is 1. The number of H-pyrrole nitrogens is 4. The highest BCUT2D eigenvalue weighted by Gasteiger charge is 2.16. The smallest absolute Gasteiger partial charge is 0.150 e. The van der Waals surface area contributed by atoms with E-state index in [9.17, 15) is 4.79 Å². The van der Waals surface area contributed by atoms with Crippen LogP contribution in [0.15, 0.2) is 111 Å². The molecule has 0 amide bonds. The van der Waals surface area contributed by atoms with Gasteiger partial charge in [0.05, 0.1) is 0 Å². The van der Waals surface area contributed by atoms with Crippen LogP contribution in [0.4, 0.5) is 23.3 Å². The lowest BCUT2D eigenvalue weighted by Crippen LogP contribution is -2.10. The van der Waals surface area contributed by atoms with Crippen molar-refractivity contribution in [1.82, 2.24) is 19.9 Å². The van der Waals surface area contributed by atoms with Crippen molar-refractivity contribution in [3.63, 3.8) is 0 Å². The molecule has 9 nitrogen and oxygen atoms in total. The second-order valence-corrected chi connectivity index (χ2v) is 10.3. The highest BCUT2D eigenvalue weighted by Crippen LogP contribution is 2.36. The van der Waals surface area contributed by atoms with Gasteiger partial charge in [0.2, 0.25) is 0 Å². The molecule has 0 atom stereocenters. The first-order chi connectivity index (χ1) is 20.7. The Morgan fingerprint density at radius 3 is 1.26 bits per heavy atom. The average Bonchev–Trinajstić information content (AvgIpc) is 3.76. The summed E-state index contributed by atoms with van der Waals surface area (Å²) in [6.45, 7) is 0. The molecule has 4 aromatic carbocycles. The van der Waals surface area contributed by atoms with E-state index in [4.69, 9.17) is 20.0 Å². The summed E-state index contributed by atoms with van der Waals surface area (Å²) in [4.78, 5) is 46.1. The van der Waals surface area contributed by atoms with Crippen LogP contribution in [0.5, 0.6) is 0 Å². The number of nitrogens with zero attached hydrogens (tertiary/aromatic N) is 4. The van der Waals surface area contributed by atoms with E-state index < -0.39 is 0 Å². The van der Waals surface area contributed by atoms with E-state index in [1.807, 2.05) is 84.9 Å². The van der Waals surface area contributed by atoms with E-state index in [2.05, 4.69) is 19.9 Å². The molecule has 8 aromatic rings. The van der Waals surface area contributed by atoms with Crippen LogP contribution in [-0.4, -0.2) is 26.2 Å². The number of aromatic amines is 4. The van der Waals surface area contributed by atoms with Crippen LogP contribution in [0.2, 0.25) is 0 Å². The van der Waals surface area contributed by atoms with Crippen molar-refractivity contribution in [2.75, 3.05) is 0 Å². The van der Waals surface area contributed by atoms with Crippen molar-refractivity contribution in [3.05, 3.63) is 119 Å². The maximum atomic E-state index is 12.2. The van der Waals surface area contributed by atoms with E-state index in [1.165, 1.54) is 0 Å². The zero-order valence-corrected chi connectivity index (χ0v) is 21.9. The predicted molar refractivity (Wildman–Crippen MR) is 162 cm³/mol. The fraction of sp³-hybridized carbons (Fsp3) is 0. The van der Waals surface area contributed by atoms with Crippen molar-refractivity contribution in [1.29, 1.82) is 0 Å². The van der Waals surface area contributed by atoms with Gasteiger partial charge in [-0.2, -0.15) is 0 Å². The van der Waals surface area contributed by atoms with Gasteiger partial charge in [-0.15, -0.1) is 0 Å². The van der Waals surface area contributed by atoms with Crippen molar-refractivity contribution in [3.8, 4) is 0 Å². The summed E-state index contributed by atoms with van der Waals surface area (Å²) in [5.41, 5.74) is 3.15. The number of carbonyl (C=O) groups is 1. The summed E-state index contributed by atoms with van der Waals surface area (Å²) >= 11 is 0. The summed E-state index contributed by atoms with van der Waals surface area (Å²) in [5, 5.41) is 7.10. The summed E-state index contributed by atoms with van der Waals surface area (Å²) in [5.74, 6) is 2.50. The Morgan fingerprint density at radius 2 is 0.786 bits per heavy atom. The molecule has 8 bridgehead atoms. The van der Waals surface area contributed by atoms with Gasteiger partial charge in [-0.1, -0.05) is 91.0 Å². The van der Waals surface area contributed by atoms with Crippen LogP contribution in [0.25, 0.3) is 43.1 Å². The van der Waals surface area contributed by atoms with E-state index in [-0.39, 0.29) is 0 Å². The van der Waals surface area contributed by atoms with Crippen molar-refractivity contribution in [2.45, 2.75) is 0 Å². The van der Waals surface area contributed by atoms with Crippen LogP contribution in [0.1, 0.15) is 10.4 Å². The van der Waals surface area contributed by atoms with Gasteiger partial charge >= 0.3 is 0 Å². The highest BCUT2D eigenvalue weighted by atomic mass is 16.1. The fourth-order valence-electron chi connectivity index (χ4n) is 5.95. The second-order valence-electron chi connectivity index (χ2n) is 10.3. The lowest BCUT2D eigenvalue weighted by Gasteiger charge is -1.96. The molecule has 0 unspecified atom stereocenters. The molecular weight excluding hydrogens is 524 g/mol. The number of benzene rings is 4. The van der Waals surface area contributed by atoms with Gasteiger partial charge in [-0.05, 0) is 0 Å². The Balaban J connectivity index is 1.52. The number of carbonyl (C=O) groups excluding carboxylic acids is 1. The van der Waals surface area contributed by atoms with Crippen LogP contribution in [0, 0.1) is 0 Å². The predicted octanol–water partition coefficient (Wildman–Crippen LogP) is 5.54. The highest BCUT2D eigenvalue weighted by molar-refractivity contribution is 6.08. The number of hydrogen-bond donors (Lipinski definition) is 4. The van der Waals surface area contributed by atoms with Crippen LogP contribution < -0.4 is 22.0 Å². The number of hydrogen-bond acceptors (Lipinski definition) is 5. The molecule has 1 aliphatic rings. The minimum atomic E-state index is 0.528. The van der Waals surface area contributed by atoms with Gasteiger partial charge in [-0.25, -0.2) is 20.0 Å². The van der Waals surface area contributed by atoms with Gasteiger partial charge in [0.15, 0.2) is 6.29 Å². The third-order valence-corrected chi connectivity index (χ3v) is 7.87. The molecule has 0 aliphatic carbocycles. The summed E-state index contributed by atoms with van der Waals surface area (Å²) in [6.07, 6.45) is 0.851. The molecule has 0 saturated heterocycles. The molecule has 1 aliphatic heterocycles. The van der Waals surface area contributed by atoms with E-state index in [1.54, 1.807) is 6.07 Å². The van der Waals surface area contributed by atoms with Crippen molar-refractivity contribution < 1.29 is 4.79 Å². The Labute approximate surface area is 235 Å². The zero-order chi connectivity index (χ0) is 27.8. The Morgan fingerprint density at radius 1 is 0.405 bits per heavy atom.